The number of amides is 4. The summed E-state index contributed by atoms with van der Waals surface area (Å²) in [4.78, 5) is 70.9. The van der Waals surface area contributed by atoms with Gasteiger partial charge in [-0.3, -0.25) is 24.0 Å². The highest BCUT2D eigenvalue weighted by Gasteiger charge is 2.33. The fraction of sp³-hybridized carbons (Fsp3) is 0.667. The van der Waals surface area contributed by atoms with Gasteiger partial charge >= 0.3 is 11.9 Å². The summed E-state index contributed by atoms with van der Waals surface area (Å²) in [7, 11) is 0. The Balaban J connectivity index is 5.58. The normalized spacial score (nSPS) is 16.4. The van der Waals surface area contributed by atoms with Crippen LogP contribution in [0.3, 0.4) is 0 Å². The monoisotopic (exact) mass is 461 g/mol. The summed E-state index contributed by atoms with van der Waals surface area (Å²) >= 11 is 0. The van der Waals surface area contributed by atoms with Gasteiger partial charge in [0.05, 0.1) is 25.0 Å². The van der Waals surface area contributed by atoms with Crippen molar-refractivity contribution >= 4 is 35.6 Å². The van der Waals surface area contributed by atoms with Crippen LogP contribution in [0, 0.1) is 5.92 Å². The van der Waals surface area contributed by atoms with Gasteiger partial charge < -0.3 is 42.7 Å². The maximum atomic E-state index is 12.6. The Labute approximate surface area is 184 Å². The maximum absolute atomic E-state index is 12.6. The molecule has 0 radical (unpaired) electrons. The van der Waals surface area contributed by atoms with Crippen molar-refractivity contribution in [2.24, 2.45) is 17.4 Å². The van der Waals surface area contributed by atoms with Gasteiger partial charge in [-0.1, -0.05) is 20.3 Å². The van der Waals surface area contributed by atoms with E-state index in [2.05, 4.69) is 10.6 Å². The van der Waals surface area contributed by atoms with Crippen molar-refractivity contribution in [3.8, 4) is 0 Å². The first kappa shape index (κ1) is 28.7. The molecule has 32 heavy (non-hydrogen) atoms. The van der Waals surface area contributed by atoms with Crippen LogP contribution < -0.4 is 27.4 Å². The molecule has 0 aromatic rings. The van der Waals surface area contributed by atoms with Crippen LogP contribution >= 0.6 is 0 Å². The van der Waals surface area contributed by atoms with Crippen molar-refractivity contribution in [1.29, 1.82) is 0 Å². The molecule has 0 fully saturated rings. The van der Waals surface area contributed by atoms with E-state index < -0.39 is 78.7 Å². The van der Waals surface area contributed by atoms with Gasteiger partial charge in [0.25, 0.3) is 0 Å². The second-order valence-corrected chi connectivity index (χ2v) is 7.37. The predicted molar refractivity (Wildman–Crippen MR) is 109 cm³/mol. The molecule has 0 bridgehead atoms. The van der Waals surface area contributed by atoms with Gasteiger partial charge in [-0.25, -0.2) is 4.79 Å². The summed E-state index contributed by atoms with van der Waals surface area (Å²) in [5, 5.41) is 33.8. The summed E-state index contributed by atoms with van der Waals surface area (Å²) in [6.07, 6.45) is -2.59. The molecule has 0 aliphatic rings. The minimum Gasteiger partial charge on any atom is -0.481 e. The summed E-state index contributed by atoms with van der Waals surface area (Å²) in [5.41, 5.74) is 10.9. The summed E-state index contributed by atoms with van der Waals surface area (Å²) < 4.78 is 0. The number of hydrogen-bond acceptors (Lipinski definition) is 8. The third-order valence-corrected chi connectivity index (χ3v) is 4.66. The summed E-state index contributed by atoms with van der Waals surface area (Å²) in [5.74, 6) is -7.42. The van der Waals surface area contributed by atoms with Crippen molar-refractivity contribution in [3.05, 3.63) is 0 Å². The Morgan fingerprint density at radius 1 is 0.844 bits per heavy atom. The Kier molecular flexibility index (Phi) is 11.9. The average Bonchev–Trinajstić information content (AvgIpc) is 2.68. The zero-order valence-corrected chi connectivity index (χ0v) is 18.0. The van der Waals surface area contributed by atoms with E-state index >= 15 is 0 Å². The average molecular weight is 461 g/mol. The molecule has 0 rings (SSSR count). The van der Waals surface area contributed by atoms with Crippen LogP contribution in [0.4, 0.5) is 0 Å². The number of aliphatic carboxylic acids is 2. The molecule has 6 atom stereocenters. The highest BCUT2D eigenvalue weighted by atomic mass is 16.4. The predicted octanol–water partition coefficient (Wildman–Crippen LogP) is -3.37. The van der Waals surface area contributed by atoms with Gasteiger partial charge in [0, 0.05) is 0 Å². The maximum Gasteiger partial charge on any atom is 0.328 e. The number of aliphatic hydroxyl groups excluding tert-OH is 1. The number of primary amides is 1. The number of carbonyl (C=O) groups excluding carboxylic acids is 4. The second kappa shape index (κ2) is 13.2. The fourth-order valence-electron chi connectivity index (χ4n) is 2.49. The smallest absolute Gasteiger partial charge is 0.328 e. The van der Waals surface area contributed by atoms with E-state index in [1.807, 2.05) is 5.32 Å². The number of nitrogens with one attached hydrogen (secondary N) is 3. The number of nitrogens with two attached hydrogens (primary N) is 2. The lowest BCUT2D eigenvalue weighted by Crippen LogP contribution is -2.59. The molecule has 14 nitrogen and oxygen atoms in total. The Bertz CT molecular complexity index is 728. The largest absolute Gasteiger partial charge is 0.481 e. The Morgan fingerprint density at radius 2 is 1.31 bits per heavy atom. The van der Waals surface area contributed by atoms with Crippen LogP contribution in [0.2, 0.25) is 0 Å². The van der Waals surface area contributed by atoms with Crippen LogP contribution in [0.1, 0.15) is 40.0 Å². The molecule has 0 aromatic heterocycles. The van der Waals surface area contributed by atoms with Gasteiger partial charge in [0.2, 0.25) is 23.6 Å². The van der Waals surface area contributed by atoms with Gasteiger partial charge in [-0.15, -0.1) is 0 Å². The van der Waals surface area contributed by atoms with E-state index in [0.29, 0.717) is 6.42 Å². The Hall–Kier alpha value is -3.26. The highest BCUT2D eigenvalue weighted by Crippen LogP contribution is 2.07. The standard InChI is InChI=1S/C18H31N5O9/c1-4-7(2)13(20)17(30)22-9(5-11(19)25)15(28)21-10(6-12(26)27)16(29)23-14(8(3)24)18(31)32/h7-10,13-14,24H,4-6,20H2,1-3H3,(H2,19,25)(H,21,28)(H,22,30)(H,23,29)(H,26,27)(H,31,32). The topological polar surface area (TPSA) is 251 Å². The number of rotatable bonds is 14. The molecule has 182 valence electrons. The first-order valence-corrected chi connectivity index (χ1v) is 9.78. The zero-order valence-electron chi connectivity index (χ0n) is 18.0. The molecule has 6 unspecified atom stereocenters. The van der Waals surface area contributed by atoms with Gasteiger partial charge in [0.15, 0.2) is 6.04 Å². The summed E-state index contributed by atoms with van der Waals surface area (Å²) in [6.45, 7) is 4.57. The second-order valence-electron chi connectivity index (χ2n) is 7.37. The molecular formula is C18H31N5O9. The van der Waals surface area contributed by atoms with Crippen LogP contribution in [0.15, 0.2) is 0 Å². The molecule has 0 saturated heterocycles. The van der Waals surface area contributed by atoms with Crippen LogP contribution in [0.5, 0.6) is 0 Å². The van der Waals surface area contributed by atoms with Crippen LogP contribution in [-0.2, 0) is 28.8 Å². The molecule has 0 aliphatic heterocycles. The van der Waals surface area contributed by atoms with Crippen molar-refractivity contribution in [2.45, 2.75) is 70.3 Å². The minimum atomic E-state index is -1.78. The number of aliphatic hydroxyl groups is 1. The number of carboxylic acids is 2. The van der Waals surface area contributed by atoms with Crippen molar-refractivity contribution < 1.29 is 44.1 Å². The molecule has 0 spiro atoms. The quantitative estimate of drug-likeness (QED) is 0.127. The lowest BCUT2D eigenvalue weighted by Gasteiger charge is -2.25. The van der Waals surface area contributed by atoms with E-state index in [9.17, 15) is 33.9 Å². The Morgan fingerprint density at radius 3 is 1.72 bits per heavy atom. The number of carboxylic acid groups (broad SMARTS) is 2. The van der Waals surface area contributed by atoms with Gasteiger partial charge in [0.1, 0.15) is 12.1 Å². The fourth-order valence-corrected chi connectivity index (χ4v) is 2.49. The molecule has 4 amide bonds. The van der Waals surface area contributed by atoms with Crippen molar-refractivity contribution in [1.82, 2.24) is 16.0 Å². The van der Waals surface area contributed by atoms with Gasteiger partial charge in [-0.2, -0.15) is 0 Å². The number of hydrogen-bond donors (Lipinski definition) is 8. The lowest BCUT2D eigenvalue weighted by molar-refractivity contribution is -0.146. The molecular weight excluding hydrogens is 430 g/mol. The van der Waals surface area contributed by atoms with E-state index in [-0.39, 0.29) is 5.92 Å². The van der Waals surface area contributed by atoms with Crippen LogP contribution in [0.25, 0.3) is 0 Å². The lowest BCUT2D eigenvalue weighted by atomic mass is 9.99. The van der Waals surface area contributed by atoms with E-state index in [0.717, 1.165) is 6.92 Å². The molecule has 10 N–H and O–H groups in total. The summed E-state index contributed by atoms with van der Waals surface area (Å²) in [6, 6.07) is -6.13. The van der Waals surface area contributed by atoms with Gasteiger partial charge in [-0.05, 0) is 12.8 Å². The van der Waals surface area contributed by atoms with Crippen molar-refractivity contribution in [3.63, 3.8) is 0 Å². The first-order chi connectivity index (χ1) is 14.7. The van der Waals surface area contributed by atoms with Crippen molar-refractivity contribution in [2.75, 3.05) is 0 Å². The molecule has 14 heteroatoms. The zero-order chi connectivity index (χ0) is 25.2. The van der Waals surface area contributed by atoms with Crippen LogP contribution in [-0.4, -0.2) is 81.2 Å². The molecule has 0 saturated carbocycles. The minimum absolute atomic E-state index is 0.258. The SMILES string of the molecule is CCC(C)C(N)C(=O)NC(CC(N)=O)C(=O)NC(CC(=O)O)C(=O)NC(C(=O)O)C(C)O. The van der Waals surface area contributed by atoms with E-state index in [1.54, 1.807) is 13.8 Å². The third kappa shape index (κ3) is 9.70. The number of carbonyl (C=O) groups is 6. The first-order valence-electron chi connectivity index (χ1n) is 9.78. The third-order valence-electron chi connectivity index (χ3n) is 4.66. The molecule has 0 aliphatic carbocycles. The highest BCUT2D eigenvalue weighted by molar-refractivity contribution is 5.97. The molecule has 0 aromatic carbocycles. The van der Waals surface area contributed by atoms with E-state index in [4.69, 9.17) is 21.7 Å². The molecule has 0 heterocycles. The van der Waals surface area contributed by atoms with E-state index in [1.165, 1.54) is 0 Å².